The summed E-state index contributed by atoms with van der Waals surface area (Å²) in [5.41, 5.74) is 0. The lowest BCUT2D eigenvalue weighted by atomic mass is 9.98. The number of quaternary nitrogens is 1. The molecule has 3 nitrogen and oxygen atoms in total. The van der Waals surface area contributed by atoms with Crippen molar-refractivity contribution >= 4 is 5.97 Å². The molecule has 1 atom stereocenters. The normalized spacial score (nSPS) is 19.5. The molecule has 1 heterocycles. The van der Waals surface area contributed by atoms with Gasteiger partial charge in [-0.05, 0) is 37.5 Å². The van der Waals surface area contributed by atoms with Crippen molar-refractivity contribution in [1.82, 2.24) is 0 Å². The SMILES string of the molecule is CC(C)CCC[C@@H](C)CCOC(=O)C[N+]1(C)CCCCC1. The summed E-state index contributed by atoms with van der Waals surface area (Å²) in [5, 5.41) is 0. The highest BCUT2D eigenvalue weighted by molar-refractivity contribution is 5.70. The predicted octanol–water partition coefficient (Wildman–Crippen LogP) is 4.01. The first-order chi connectivity index (χ1) is 9.91. The third-order valence-corrected chi connectivity index (χ3v) is 4.76. The third kappa shape index (κ3) is 8.45. The van der Waals surface area contributed by atoms with Gasteiger partial charge < -0.3 is 9.22 Å². The minimum absolute atomic E-state index is 0.00576. The molecule has 0 unspecified atom stereocenters. The van der Waals surface area contributed by atoms with E-state index in [1.807, 2.05) is 0 Å². The number of nitrogens with zero attached hydrogens (tertiary/aromatic N) is 1. The first kappa shape index (κ1) is 18.5. The van der Waals surface area contributed by atoms with E-state index in [-0.39, 0.29) is 5.97 Å². The van der Waals surface area contributed by atoms with Crippen LogP contribution in [0.2, 0.25) is 0 Å². The second-order valence-electron chi connectivity index (χ2n) is 7.72. The fraction of sp³-hybridized carbons (Fsp3) is 0.944. The van der Waals surface area contributed by atoms with Gasteiger partial charge in [0.15, 0.2) is 6.54 Å². The number of esters is 1. The molecule has 1 aliphatic heterocycles. The van der Waals surface area contributed by atoms with E-state index in [2.05, 4.69) is 27.8 Å². The summed E-state index contributed by atoms with van der Waals surface area (Å²) in [6.45, 7) is 10.2. The molecule has 21 heavy (non-hydrogen) atoms. The van der Waals surface area contributed by atoms with Crippen LogP contribution in [0.25, 0.3) is 0 Å². The number of hydrogen-bond donors (Lipinski definition) is 0. The zero-order valence-electron chi connectivity index (χ0n) is 14.7. The molecule has 1 aliphatic rings. The van der Waals surface area contributed by atoms with Crippen LogP contribution in [0.1, 0.15) is 65.7 Å². The molecule has 1 rings (SSSR count). The molecule has 3 heteroatoms. The van der Waals surface area contributed by atoms with E-state index in [1.165, 1.54) is 38.5 Å². The van der Waals surface area contributed by atoms with Crippen molar-refractivity contribution in [2.24, 2.45) is 11.8 Å². The average molecular weight is 298 g/mol. The van der Waals surface area contributed by atoms with Crippen LogP contribution in [0.3, 0.4) is 0 Å². The summed E-state index contributed by atoms with van der Waals surface area (Å²) < 4.78 is 6.33. The quantitative estimate of drug-likeness (QED) is 0.475. The van der Waals surface area contributed by atoms with E-state index >= 15 is 0 Å². The van der Waals surface area contributed by atoms with Crippen molar-refractivity contribution < 1.29 is 14.0 Å². The third-order valence-electron chi connectivity index (χ3n) is 4.76. The molecule has 0 bridgehead atoms. The van der Waals surface area contributed by atoms with Gasteiger partial charge in [0.1, 0.15) is 0 Å². The van der Waals surface area contributed by atoms with E-state index in [0.717, 1.165) is 29.9 Å². The number of carbonyl (C=O) groups is 1. The van der Waals surface area contributed by atoms with Gasteiger partial charge in [0.25, 0.3) is 0 Å². The van der Waals surface area contributed by atoms with Crippen LogP contribution in [0.4, 0.5) is 0 Å². The van der Waals surface area contributed by atoms with Crippen LogP contribution in [-0.4, -0.2) is 43.7 Å². The Balaban J connectivity index is 2.09. The lowest BCUT2D eigenvalue weighted by Crippen LogP contribution is -2.51. The molecule has 0 aromatic rings. The van der Waals surface area contributed by atoms with Crippen molar-refractivity contribution in [2.75, 3.05) is 33.3 Å². The zero-order chi connectivity index (χ0) is 15.7. The second-order valence-corrected chi connectivity index (χ2v) is 7.72. The van der Waals surface area contributed by atoms with Gasteiger partial charge in [-0.15, -0.1) is 0 Å². The van der Waals surface area contributed by atoms with Crippen LogP contribution < -0.4 is 0 Å². The highest BCUT2D eigenvalue weighted by Crippen LogP contribution is 2.17. The molecule has 0 aromatic carbocycles. The molecule has 0 saturated carbocycles. The zero-order valence-corrected chi connectivity index (χ0v) is 14.7. The lowest BCUT2D eigenvalue weighted by Gasteiger charge is -2.36. The van der Waals surface area contributed by atoms with E-state index < -0.39 is 0 Å². The average Bonchev–Trinajstić information content (AvgIpc) is 2.38. The van der Waals surface area contributed by atoms with Gasteiger partial charge in [0, 0.05) is 0 Å². The highest BCUT2D eigenvalue weighted by Gasteiger charge is 2.28. The minimum Gasteiger partial charge on any atom is -0.462 e. The molecule has 0 radical (unpaired) electrons. The van der Waals surface area contributed by atoms with Crippen molar-refractivity contribution in [3.05, 3.63) is 0 Å². The van der Waals surface area contributed by atoms with Gasteiger partial charge in [-0.3, -0.25) is 0 Å². The summed E-state index contributed by atoms with van der Waals surface area (Å²) in [4.78, 5) is 12.0. The molecule has 1 fully saturated rings. The van der Waals surface area contributed by atoms with E-state index in [9.17, 15) is 4.79 Å². The maximum absolute atomic E-state index is 12.0. The summed E-state index contributed by atoms with van der Waals surface area (Å²) in [5.74, 6) is 1.45. The Morgan fingerprint density at radius 1 is 1.05 bits per heavy atom. The molecule has 1 saturated heterocycles. The summed E-state index contributed by atoms with van der Waals surface area (Å²) in [7, 11) is 2.19. The maximum atomic E-state index is 12.0. The molecule has 0 aromatic heterocycles. The van der Waals surface area contributed by atoms with Crippen LogP contribution in [0.5, 0.6) is 0 Å². The van der Waals surface area contributed by atoms with Gasteiger partial charge in [0.05, 0.1) is 26.7 Å². The van der Waals surface area contributed by atoms with Gasteiger partial charge in [0.2, 0.25) is 0 Å². The standard InChI is InChI=1S/C18H36NO2/c1-16(2)9-8-10-17(3)11-14-21-18(20)15-19(4)12-6-5-7-13-19/h16-17H,5-15H2,1-4H3/q+1/t17-/m1/s1. The number of rotatable bonds is 9. The molecule has 124 valence electrons. The van der Waals surface area contributed by atoms with Crippen molar-refractivity contribution in [3.8, 4) is 0 Å². The largest absolute Gasteiger partial charge is 0.462 e. The Hall–Kier alpha value is -0.570. The summed E-state index contributed by atoms with van der Waals surface area (Å²) >= 11 is 0. The Morgan fingerprint density at radius 3 is 2.33 bits per heavy atom. The van der Waals surface area contributed by atoms with Gasteiger partial charge >= 0.3 is 5.97 Å². The fourth-order valence-corrected chi connectivity index (χ4v) is 3.18. The van der Waals surface area contributed by atoms with Crippen LogP contribution in [-0.2, 0) is 9.53 Å². The smallest absolute Gasteiger partial charge is 0.361 e. The summed E-state index contributed by atoms with van der Waals surface area (Å²) in [6.07, 6.45) is 8.67. The van der Waals surface area contributed by atoms with Crippen LogP contribution in [0, 0.1) is 11.8 Å². The molecule has 0 spiro atoms. The number of piperidine rings is 1. The Morgan fingerprint density at radius 2 is 1.71 bits per heavy atom. The first-order valence-corrected chi connectivity index (χ1v) is 8.90. The van der Waals surface area contributed by atoms with E-state index in [1.54, 1.807) is 0 Å². The van der Waals surface area contributed by atoms with E-state index in [4.69, 9.17) is 4.74 Å². The molecule has 0 amide bonds. The van der Waals surface area contributed by atoms with Crippen molar-refractivity contribution in [2.45, 2.75) is 65.7 Å². The Bertz CT molecular complexity index is 296. The number of hydrogen-bond acceptors (Lipinski definition) is 2. The number of carbonyl (C=O) groups excluding carboxylic acids is 1. The van der Waals surface area contributed by atoms with Crippen molar-refractivity contribution in [1.29, 1.82) is 0 Å². The Labute approximate surface area is 131 Å². The maximum Gasteiger partial charge on any atom is 0.361 e. The van der Waals surface area contributed by atoms with Crippen LogP contribution >= 0.6 is 0 Å². The van der Waals surface area contributed by atoms with E-state index in [0.29, 0.717) is 19.1 Å². The van der Waals surface area contributed by atoms with Gasteiger partial charge in [-0.1, -0.05) is 40.0 Å². The molecular weight excluding hydrogens is 262 g/mol. The lowest BCUT2D eigenvalue weighted by molar-refractivity contribution is -0.907. The second kappa shape index (κ2) is 9.45. The first-order valence-electron chi connectivity index (χ1n) is 8.90. The summed E-state index contributed by atoms with van der Waals surface area (Å²) in [6, 6.07) is 0. The predicted molar refractivity (Wildman–Crippen MR) is 88.1 cm³/mol. The molecule has 0 N–H and O–H groups in total. The monoisotopic (exact) mass is 298 g/mol. The fourth-order valence-electron chi connectivity index (χ4n) is 3.18. The van der Waals surface area contributed by atoms with Gasteiger partial charge in [-0.2, -0.15) is 0 Å². The van der Waals surface area contributed by atoms with Gasteiger partial charge in [-0.25, -0.2) is 4.79 Å². The Kier molecular flexibility index (Phi) is 8.31. The topological polar surface area (TPSA) is 26.3 Å². The van der Waals surface area contributed by atoms with Crippen LogP contribution in [0.15, 0.2) is 0 Å². The highest BCUT2D eigenvalue weighted by atomic mass is 16.5. The number of likely N-dealkylation sites (tertiary alicyclic amines) is 1. The molecule has 0 aliphatic carbocycles. The molecular formula is C18H36NO2+. The minimum atomic E-state index is -0.00576. The number of likely N-dealkylation sites (N-methyl/N-ethyl adjacent to an activating group) is 1. The van der Waals surface area contributed by atoms with Crippen molar-refractivity contribution in [3.63, 3.8) is 0 Å². The number of ether oxygens (including phenoxy) is 1.